The number of phenolic OH excluding ortho intramolecular Hbond substituents is 1. The molecule has 1 N–H and O–H groups in total. The van der Waals surface area contributed by atoms with Gasteiger partial charge < -0.3 is 16.4 Å². The molecule has 0 aliphatic rings. The molecule has 0 saturated heterocycles. The topological polar surface area (TPSA) is 46.3 Å². The van der Waals surface area contributed by atoms with Gasteiger partial charge in [0.25, 0.3) is 0 Å². The SMILES string of the molecule is [CH2-]Cc1nc(-c2ccc(O)cc2)oc1C.[Re]. The summed E-state index contributed by atoms with van der Waals surface area (Å²) in [5.41, 5.74) is 1.73. The number of oxazole rings is 1. The third kappa shape index (κ3) is 2.52. The summed E-state index contributed by atoms with van der Waals surface area (Å²) >= 11 is 0. The van der Waals surface area contributed by atoms with Crippen molar-refractivity contribution in [1.29, 1.82) is 0 Å². The fourth-order valence-electron chi connectivity index (χ4n) is 1.39. The summed E-state index contributed by atoms with van der Waals surface area (Å²) in [6, 6.07) is 6.76. The van der Waals surface area contributed by atoms with Crippen molar-refractivity contribution in [2.75, 3.05) is 0 Å². The molecule has 1 radical (unpaired) electrons. The molecular formula is C12H12NO2Re-. The number of aryl methyl sites for hydroxylation is 1. The standard InChI is InChI=1S/C12H12NO2.Re/c1-3-11-8(2)15-12(13-11)9-4-6-10(14)7-5-9;/h4-7,14H,1,3H2,2H3;/q-1;. The molecule has 0 unspecified atom stereocenters. The molecule has 0 fully saturated rings. The first-order valence-corrected chi connectivity index (χ1v) is 4.75. The van der Waals surface area contributed by atoms with Crippen molar-refractivity contribution >= 4 is 0 Å². The van der Waals surface area contributed by atoms with Gasteiger partial charge in [-0.15, -0.1) is 6.42 Å². The van der Waals surface area contributed by atoms with Crippen LogP contribution in [0.15, 0.2) is 28.7 Å². The molecule has 0 aliphatic carbocycles. The summed E-state index contributed by atoms with van der Waals surface area (Å²) in [6.45, 7) is 5.65. The largest absolute Gasteiger partial charge is 0.508 e. The molecule has 3 nitrogen and oxygen atoms in total. The molecule has 0 bridgehead atoms. The van der Waals surface area contributed by atoms with Gasteiger partial charge in [0.05, 0.1) is 5.69 Å². The Labute approximate surface area is 108 Å². The van der Waals surface area contributed by atoms with E-state index in [0.717, 1.165) is 17.0 Å². The Morgan fingerprint density at radius 3 is 2.44 bits per heavy atom. The normalized spacial score (nSPS) is 9.88. The van der Waals surface area contributed by atoms with E-state index in [0.29, 0.717) is 12.3 Å². The molecule has 0 aliphatic heterocycles. The van der Waals surface area contributed by atoms with Gasteiger partial charge in [0, 0.05) is 26.0 Å². The number of rotatable bonds is 2. The van der Waals surface area contributed by atoms with E-state index in [9.17, 15) is 0 Å². The molecule has 0 amide bonds. The second-order valence-electron chi connectivity index (χ2n) is 3.32. The first kappa shape index (κ1) is 13.0. The van der Waals surface area contributed by atoms with E-state index in [1.807, 2.05) is 6.92 Å². The third-order valence-electron chi connectivity index (χ3n) is 2.24. The zero-order chi connectivity index (χ0) is 10.8. The van der Waals surface area contributed by atoms with Gasteiger partial charge in [-0.2, -0.15) is 0 Å². The number of aromatic nitrogens is 1. The second-order valence-corrected chi connectivity index (χ2v) is 3.32. The van der Waals surface area contributed by atoms with Crippen LogP contribution in [-0.2, 0) is 26.8 Å². The predicted octanol–water partition coefficient (Wildman–Crippen LogP) is 2.73. The fraction of sp³-hybridized carbons (Fsp3) is 0.167. The average Bonchev–Trinajstić information content (AvgIpc) is 2.61. The Hall–Kier alpha value is -1.11. The van der Waals surface area contributed by atoms with Crippen LogP contribution in [0.25, 0.3) is 11.5 Å². The number of hydrogen-bond donors (Lipinski definition) is 1. The van der Waals surface area contributed by atoms with Crippen LogP contribution in [0, 0.1) is 13.8 Å². The third-order valence-corrected chi connectivity index (χ3v) is 2.24. The monoisotopic (exact) mass is 389 g/mol. The Bertz CT molecular complexity index is 462. The molecule has 0 saturated carbocycles. The van der Waals surface area contributed by atoms with E-state index >= 15 is 0 Å². The maximum atomic E-state index is 9.15. The molecule has 1 aromatic heterocycles. The molecule has 16 heavy (non-hydrogen) atoms. The van der Waals surface area contributed by atoms with E-state index in [-0.39, 0.29) is 26.2 Å². The number of benzene rings is 1. The van der Waals surface area contributed by atoms with Crippen LogP contribution in [0.2, 0.25) is 0 Å². The summed E-state index contributed by atoms with van der Waals surface area (Å²) in [6.07, 6.45) is 0.618. The Balaban J connectivity index is 0.00000128. The van der Waals surface area contributed by atoms with Crippen molar-refractivity contribution in [2.45, 2.75) is 13.3 Å². The molecule has 1 heterocycles. The van der Waals surface area contributed by atoms with Crippen molar-refractivity contribution < 1.29 is 29.9 Å². The van der Waals surface area contributed by atoms with Crippen LogP contribution in [0.5, 0.6) is 5.75 Å². The van der Waals surface area contributed by atoms with Gasteiger partial charge in [-0.25, -0.2) is 4.98 Å². The van der Waals surface area contributed by atoms with Crippen LogP contribution in [-0.4, -0.2) is 10.1 Å². The van der Waals surface area contributed by atoms with Crippen LogP contribution < -0.4 is 0 Å². The first-order valence-electron chi connectivity index (χ1n) is 4.75. The second kappa shape index (κ2) is 5.29. The van der Waals surface area contributed by atoms with E-state index in [4.69, 9.17) is 9.52 Å². The zero-order valence-corrected chi connectivity index (χ0v) is 11.6. The molecule has 2 aromatic rings. The van der Waals surface area contributed by atoms with Crippen LogP contribution in [0.3, 0.4) is 0 Å². The van der Waals surface area contributed by atoms with Crippen LogP contribution >= 0.6 is 0 Å². The van der Waals surface area contributed by atoms with E-state index < -0.39 is 0 Å². The molecule has 1 aromatic carbocycles. The van der Waals surface area contributed by atoms with Crippen molar-refractivity contribution in [3.8, 4) is 17.2 Å². The average molecular weight is 388 g/mol. The van der Waals surface area contributed by atoms with Crippen molar-refractivity contribution in [2.24, 2.45) is 0 Å². The quantitative estimate of drug-likeness (QED) is 0.805. The number of nitrogens with zero attached hydrogens (tertiary/aromatic N) is 1. The van der Waals surface area contributed by atoms with Gasteiger partial charge in [0.15, 0.2) is 0 Å². The smallest absolute Gasteiger partial charge is 0.226 e. The summed E-state index contributed by atoms with van der Waals surface area (Å²) in [4.78, 5) is 4.32. The van der Waals surface area contributed by atoms with Gasteiger partial charge in [-0.1, -0.05) is 0 Å². The van der Waals surface area contributed by atoms with E-state index in [1.165, 1.54) is 0 Å². The van der Waals surface area contributed by atoms with Gasteiger partial charge in [-0.3, -0.25) is 0 Å². The molecule has 2 rings (SSSR count). The van der Waals surface area contributed by atoms with Crippen molar-refractivity contribution in [3.63, 3.8) is 0 Å². The Morgan fingerprint density at radius 1 is 1.31 bits per heavy atom. The first-order chi connectivity index (χ1) is 7.20. The minimum Gasteiger partial charge on any atom is -0.508 e. The number of phenols is 1. The molecule has 85 valence electrons. The van der Waals surface area contributed by atoms with Crippen molar-refractivity contribution in [1.82, 2.24) is 4.98 Å². The molecular weight excluding hydrogens is 376 g/mol. The summed E-state index contributed by atoms with van der Waals surface area (Å²) in [5.74, 6) is 1.61. The summed E-state index contributed by atoms with van der Waals surface area (Å²) < 4.78 is 5.50. The summed E-state index contributed by atoms with van der Waals surface area (Å²) in [5, 5.41) is 9.15. The predicted molar refractivity (Wildman–Crippen MR) is 57.4 cm³/mol. The van der Waals surface area contributed by atoms with Crippen LogP contribution in [0.1, 0.15) is 11.5 Å². The fourth-order valence-corrected chi connectivity index (χ4v) is 1.39. The van der Waals surface area contributed by atoms with Crippen LogP contribution in [0.4, 0.5) is 0 Å². The summed E-state index contributed by atoms with van der Waals surface area (Å²) in [7, 11) is 0. The molecule has 0 spiro atoms. The Morgan fingerprint density at radius 2 is 1.94 bits per heavy atom. The van der Waals surface area contributed by atoms with Gasteiger partial charge in [0.2, 0.25) is 5.89 Å². The maximum Gasteiger partial charge on any atom is 0.226 e. The van der Waals surface area contributed by atoms with E-state index in [2.05, 4.69) is 11.9 Å². The Kier molecular flexibility index (Phi) is 4.28. The van der Waals surface area contributed by atoms with Gasteiger partial charge in [-0.05, 0) is 31.2 Å². The minimum absolute atomic E-state index is 0. The number of aromatic hydroxyl groups is 1. The molecule has 0 atom stereocenters. The minimum atomic E-state index is 0. The number of hydrogen-bond acceptors (Lipinski definition) is 3. The van der Waals surface area contributed by atoms with Gasteiger partial charge in [0.1, 0.15) is 11.5 Å². The maximum absolute atomic E-state index is 9.15. The molecule has 4 heteroatoms. The van der Waals surface area contributed by atoms with Gasteiger partial charge >= 0.3 is 0 Å². The van der Waals surface area contributed by atoms with E-state index in [1.54, 1.807) is 24.3 Å². The zero-order valence-electron chi connectivity index (χ0n) is 8.90. The van der Waals surface area contributed by atoms with Crippen molar-refractivity contribution in [3.05, 3.63) is 42.6 Å².